The number of nitrogens with zero attached hydrogens (tertiary/aromatic N) is 4. The molecule has 0 aliphatic carbocycles. The zero-order chi connectivity index (χ0) is 20.7. The summed E-state index contributed by atoms with van der Waals surface area (Å²) >= 11 is 0. The summed E-state index contributed by atoms with van der Waals surface area (Å²) in [6.07, 6.45) is 1.80. The van der Waals surface area contributed by atoms with Gasteiger partial charge in [-0.2, -0.15) is 5.10 Å². The van der Waals surface area contributed by atoms with Gasteiger partial charge >= 0.3 is 0 Å². The Kier molecular flexibility index (Phi) is 7.14. The number of amides is 1. The van der Waals surface area contributed by atoms with Gasteiger partial charge in [0.25, 0.3) is 0 Å². The molecule has 8 nitrogen and oxygen atoms in total. The molecule has 2 rings (SSSR count). The number of nitrogens with one attached hydrogen (secondary N) is 3. The van der Waals surface area contributed by atoms with Gasteiger partial charge in [0.1, 0.15) is 0 Å². The molecule has 0 aliphatic heterocycles. The first-order valence-corrected chi connectivity index (χ1v) is 9.49. The van der Waals surface area contributed by atoms with Gasteiger partial charge in [-0.05, 0) is 59.2 Å². The normalized spacial score (nSPS) is 12.0. The van der Waals surface area contributed by atoms with E-state index < -0.39 is 0 Å². The lowest BCUT2D eigenvalue weighted by molar-refractivity contribution is -0.121. The lowest BCUT2D eigenvalue weighted by Gasteiger charge is -2.21. The summed E-state index contributed by atoms with van der Waals surface area (Å²) in [7, 11) is 0. The number of carbonyl (C=O) groups is 1. The third-order valence-electron chi connectivity index (χ3n) is 3.73. The fraction of sp³-hybridized carbons (Fsp3) is 0.500. The molecule has 0 atom stereocenters. The summed E-state index contributed by atoms with van der Waals surface area (Å²) in [4.78, 5) is 21.0. The summed E-state index contributed by atoms with van der Waals surface area (Å²) in [5.74, 6) is 1.30. The van der Waals surface area contributed by atoms with Crippen LogP contribution in [0.15, 0.2) is 29.4 Å². The van der Waals surface area contributed by atoms with E-state index in [2.05, 4.69) is 31.0 Å². The second-order valence-corrected chi connectivity index (χ2v) is 7.71. The number of carbonyl (C=O) groups excluding carboxylic acids is 1. The fourth-order valence-electron chi connectivity index (χ4n) is 2.63. The average molecular weight is 386 g/mol. The van der Waals surface area contributed by atoms with E-state index in [0.29, 0.717) is 19.0 Å². The number of pyridine rings is 1. The van der Waals surface area contributed by atoms with Crippen LogP contribution in [0, 0.1) is 13.8 Å². The average Bonchev–Trinajstić information content (AvgIpc) is 2.94. The molecule has 28 heavy (non-hydrogen) atoms. The SMILES string of the molecule is CCNC(=NCc1ccc(-n2nc(C)cc2C)nc1)NCC(=O)NC(C)(C)C. The molecule has 3 N–H and O–H groups in total. The predicted octanol–water partition coefficient (Wildman–Crippen LogP) is 1.85. The first-order valence-electron chi connectivity index (χ1n) is 9.49. The molecule has 0 spiro atoms. The molecule has 0 aliphatic rings. The quantitative estimate of drug-likeness (QED) is 0.521. The monoisotopic (exact) mass is 385 g/mol. The minimum Gasteiger partial charge on any atom is -0.357 e. The van der Waals surface area contributed by atoms with Crippen LogP contribution < -0.4 is 16.0 Å². The zero-order valence-corrected chi connectivity index (χ0v) is 17.6. The first kappa shape index (κ1) is 21.4. The largest absolute Gasteiger partial charge is 0.357 e. The van der Waals surface area contributed by atoms with Crippen molar-refractivity contribution in [1.29, 1.82) is 0 Å². The van der Waals surface area contributed by atoms with Crippen LogP contribution in [-0.2, 0) is 11.3 Å². The molecule has 0 unspecified atom stereocenters. The van der Waals surface area contributed by atoms with Crippen LogP contribution in [0.1, 0.15) is 44.6 Å². The number of guanidine groups is 1. The fourth-order valence-corrected chi connectivity index (χ4v) is 2.63. The molecule has 0 saturated heterocycles. The molecule has 1 amide bonds. The molecule has 152 valence electrons. The molecule has 2 aromatic rings. The summed E-state index contributed by atoms with van der Waals surface area (Å²) in [5.41, 5.74) is 2.72. The molecule has 0 aromatic carbocycles. The molecule has 0 saturated carbocycles. The zero-order valence-electron chi connectivity index (χ0n) is 17.6. The highest BCUT2D eigenvalue weighted by Crippen LogP contribution is 2.10. The molecular formula is C20H31N7O. The van der Waals surface area contributed by atoms with Gasteiger partial charge in [0, 0.05) is 24.0 Å². The Morgan fingerprint density at radius 2 is 1.96 bits per heavy atom. The highest BCUT2D eigenvalue weighted by molar-refractivity contribution is 5.86. The summed E-state index contributed by atoms with van der Waals surface area (Å²) in [6.45, 7) is 13.1. The van der Waals surface area contributed by atoms with Crippen LogP contribution in [0.25, 0.3) is 5.82 Å². The molecule has 0 bridgehead atoms. The summed E-state index contributed by atoms with van der Waals surface area (Å²) in [6, 6.07) is 5.93. The van der Waals surface area contributed by atoms with Crippen molar-refractivity contribution in [3.63, 3.8) is 0 Å². The van der Waals surface area contributed by atoms with Crippen LogP contribution in [0.4, 0.5) is 0 Å². The van der Waals surface area contributed by atoms with Crippen molar-refractivity contribution < 1.29 is 4.79 Å². The van der Waals surface area contributed by atoms with E-state index in [-0.39, 0.29) is 18.0 Å². The number of rotatable bonds is 6. The van der Waals surface area contributed by atoms with Crippen LogP contribution >= 0.6 is 0 Å². The number of hydrogen-bond donors (Lipinski definition) is 3. The van der Waals surface area contributed by atoms with Crippen molar-refractivity contribution in [1.82, 2.24) is 30.7 Å². The lowest BCUT2D eigenvalue weighted by Crippen LogP contribution is -2.48. The Hall–Kier alpha value is -2.90. The van der Waals surface area contributed by atoms with Crippen LogP contribution in [0.2, 0.25) is 0 Å². The van der Waals surface area contributed by atoms with E-state index in [4.69, 9.17) is 0 Å². The van der Waals surface area contributed by atoms with Crippen molar-refractivity contribution in [2.75, 3.05) is 13.1 Å². The molecule has 8 heteroatoms. The minimum absolute atomic E-state index is 0.0750. The minimum atomic E-state index is -0.257. The summed E-state index contributed by atoms with van der Waals surface area (Å²) < 4.78 is 1.82. The van der Waals surface area contributed by atoms with Crippen LogP contribution in [0.3, 0.4) is 0 Å². The van der Waals surface area contributed by atoms with Crippen LogP contribution in [-0.4, -0.2) is 45.3 Å². The highest BCUT2D eigenvalue weighted by atomic mass is 16.2. The van der Waals surface area contributed by atoms with E-state index in [1.54, 1.807) is 6.20 Å². The van der Waals surface area contributed by atoms with Gasteiger partial charge in [-0.3, -0.25) is 4.79 Å². The number of aromatic nitrogens is 3. The Labute approximate surface area is 166 Å². The second kappa shape index (κ2) is 9.34. The van der Waals surface area contributed by atoms with Crippen molar-refractivity contribution in [2.24, 2.45) is 4.99 Å². The number of hydrogen-bond acceptors (Lipinski definition) is 4. The Morgan fingerprint density at radius 1 is 1.21 bits per heavy atom. The summed E-state index contributed by atoms with van der Waals surface area (Å²) in [5, 5.41) is 13.6. The van der Waals surface area contributed by atoms with Gasteiger partial charge in [0.15, 0.2) is 11.8 Å². The topological polar surface area (TPSA) is 96.2 Å². The van der Waals surface area contributed by atoms with Gasteiger partial charge in [-0.1, -0.05) is 6.07 Å². The van der Waals surface area contributed by atoms with E-state index in [9.17, 15) is 4.79 Å². The number of aryl methyl sites for hydroxylation is 2. The molecular weight excluding hydrogens is 354 g/mol. The molecule has 0 radical (unpaired) electrons. The molecule has 2 heterocycles. The van der Waals surface area contributed by atoms with E-state index >= 15 is 0 Å². The van der Waals surface area contributed by atoms with Gasteiger partial charge in [-0.25, -0.2) is 14.7 Å². The lowest BCUT2D eigenvalue weighted by atomic mass is 10.1. The third-order valence-corrected chi connectivity index (χ3v) is 3.73. The smallest absolute Gasteiger partial charge is 0.239 e. The Morgan fingerprint density at radius 3 is 2.50 bits per heavy atom. The van der Waals surface area contributed by atoms with E-state index in [1.165, 1.54) is 0 Å². The number of aliphatic imine (C=N–C) groups is 1. The van der Waals surface area contributed by atoms with Gasteiger partial charge in [-0.15, -0.1) is 0 Å². The van der Waals surface area contributed by atoms with Gasteiger partial charge in [0.05, 0.1) is 18.8 Å². The predicted molar refractivity (Wildman–Crippen MR) is 112 cm³/mol. The van der Waals surface area contributed by atoms with E-state index in [1.807, 2.05) is 64.4 Å². The first-order chi connectivity index (χ1) is 13.2. The van der Waals surface area contributed by atoms with Gasteiger partial charge in [0.2, 0.25) is 5.91 Å². The van der Waals surface area contributed by atoms with Crippen molar-refractivity contribution in [2.45, 2.75) is 53.6 Å². The molecule has 0 fully saturated rings. The maximum absolute atomic E-state index is 12.0. The molecule has 2 aromatic heterocycles. The third kappa shape index (κ3) is 6.68. The standard InChI is InChI=1S/C20H31N7O/c1-7-21-19(24-13-18(28)25-20(4,5)6)23-12-16-8-9-17(22-11-16)27-15(3)10-14(2)26-27/h8-11H,7,12-13H2,1-6H3,(H,25,28)(H2,21,23,24). The second-order valence-electron chi connectivity index (χ2n) is 7.71. The Balaban J connectivity index is 1.98. The van der Waals surface area contributed by atoms with E-state index in [0.717, 1.165) is 22.8 Å². The van der Waals surface area contributed by atoms with Crippen molar-refractivity contribution >= 4 is 11.9 Å². The Bertz CT molecular complexity index is 816. The van der Waals surface area contributed by atoms with Crippen molar-refractivity contribution in [3.05, 3.63) is 41.3 Å². The van der Waals surface area contributed by atoms with Crippen molar-refractivity contribution in [3.8, 4) is 5.82 Å². The highest BCUT2D eigenvalue weighted by Gasteiger charge is 2.13. The van der Waals surface area contributed by atoms with Crippen LogP contribution in [0.5, 0.6) is 0 Å². The van der Waals surface area contributed by atoms with Gasteiger partial charge < -0.3 is 16.0 Å². The maximum Gasteiger partial charge on any atom is 0.239 e. The maximum atomic E-state index is 12.0.